The Kier molecular flexibility index (Phi) is 4.41. The van der Waals surface area contributed by atoms with Crippen molar-refractivity contribution in [2.24, 2.45) is 11.1 Å². The van der Waals surface area contributed by atoms with Crippen LogP contribution in [0.5, 0.6) is 0 Å². The highest BCUT2D eigenvalue weighted by Gasteiger charge is 2.23. The van der Waals surface area contributed by atoms with Crippen LogP contribution in [0.25, 0.3) is 0 Å². The SMILES string of the molecule is CC(C)/C=N/O[C@H]1CCN(CC#N)C1. The van der Waals surface area contributed by atoms with Crippen molar-refractivity contribution in [1.29, 1.82) is 5.26 Å². The van der Waals surface area contributed by atoms with Gasteiger partial charge < -0.3 is 4.84 Å². The number of hydrogen-bond donors (Lipinski definition) is 0. The molecule has 1 fully saturated rings. The van der Waals surface area contributed by atoms with E-state index in [9.17, 15) is 0 Å². The fourth-order valence-corrected chi connectivity index (χ4v) is 1.37. The maximum Gasteiger partial charge on any atom is 0.141 e. The van der Waals surface area contributed by atoms with Crippen molar-refractivity contribution < 1.29 is 4.84 Å². The molecule has 0 aromatic carbocycles. The molecule has 78 valence electrons. The van der Waals surface area contributed by atoms with Crippen LogP contribution in [-0.4, -0.2) is 36.9 Å². The summed E-state index contributed by atoms with van der Waals surface area (Å²) in [7, 11) is 0. The van der Waals surface area contributed by atoms with Crippen LogP contribution in [0.15, 0.2) is 5.16 Å². The van der Waals surface area contributed by atoms with Gasteiger partial charge in [0, 0.05) is 25.7 Å². The maximum absolute atomic E-state index is 8.50. The molecular weight excluding hydrogens is 178 g/mol. The van der Waals surface area contributed by atoms with E-state index in [1.165, 1.54) is 0 Å². The molecule has 14 heavy (non-hydrogen) atoms. The summed E-state index contributed by atoms with van der Waals surface area (Å²) >= 11 is 0. The lowest BCUT2D eigenvalue weighted by Crippen LogP contribution is -2.22. The molecule has 1 heterocycles. The zero-order chi connectivity index (χ0) is 10.4. The van der Waals surface area contributed by atoms with E-state index in [0.29, 0.717) is 12.5 Å². The van der Waals surface area contributed by atoms with Crippen LogP contribution >= 0.6 is 0 Å². The lowest BCUT2D eigenvalue weighted by atomic mass is 10.3. The van der Waals surface area contributed by atoms with Gasteiger partial charge in [0.25, 0.3) is 0 Å². The second-order valence-electron chi connectivity index (χ2n) is 3.91. The Morgan fingerprint density at radius 1 is 1.71 bits per heavy atom. The molecule has 4 nitrogen and oxygen atoms in total. The van der Waals surface area contributed by atoms with Crippen molar-refractivity contribution in [3.63, 3.8) is 0 Å². The monoisotopic (exact) mass is 195 g/mol. The van der Waals surface area contributed by atoms with Crippen LogP contribution in [0.2, 0.25) is 0 Å². The molecule has 1 aliphatic rings. The van der Waals surface area contributed by atoms with Crippen LogP contribution in [0.4, 0.5) is 0 Å². The van der Waals surface area contributed by atoms with Crippen molar-refractivity contribution in [3.05, 3.63) is 0 Å². The van der Waals surface area contributed by atoms with Gasteiger partial charge in [-0.15, -0.1) is 0 Å². The molecule has 0 amide bonds. The van der Waals surface area contributed by atoms with Crippen molar-refractivity contribution in [1.82, 2.24) is 4.90 Å². The van der Waals surface area contributed by atoms with E-state index in [0.717, 1.165) is 19.5 Å². The normalized spacial score (nSPS) is 23.1. The van der Waals surface area contributed by atoms with E-state index in [1.54, 1.807) is 6.21 Å². The molecule has 0 spiro atoms. The number of nitrogens with zero attached hydrogens (tertiary/aromatic N) is 3. The lowest BCUT2D eigenvalue weighted by Gasteiger charge is -2.10. The minimum Gasteiger partial charge on any atom is -0.391 e. The highest BCUT2D eigenvalue weighted by atomic mass is 16.6. The fraction of sp³-hybridized carbons (Fsp3) is 0.800. The van der Waals surface area contributed by atoms with Crippen LogP contribution < -0.4 is 0 Å². The number of likely N-dealkylation sites (tertiary alicyclic amines) is 1. The van der Waals surface area contributed by atoms with E-state index in [2.05, 4.69) is 30.0 Å². The molecule has 0 saturated carbocycles. The van der Waals surface area contributed by atoms with E-state index in [4.69, 9.17) is 10.1 Å². The lowest BCUT2D eigenvalue weighted by molar-refractivity contribution is 0.0664. The molecule has 1 rings (SSSR count). The number of rotatable bonds is 4. The van der Waals surface area contributed by atoms with Gasteiger partial charge in [-0.05, 0) is 5.92 Å². The van der Waals surface area contributed by atoms with E-state index in [-0.39, 0.29) is 6.10 Å². The summed E-state index contributed by atoms with van der Waals surface area (Å²) in [6, 6.07) is 2.14. The largest absolute Gasteiger partial charge is 0.391 e. The Labute approximate surface area is 85.1 Å². The minimum atomic E-state index is 0.165. The first-order valence-electron chi connectivity index (χ1n) is 5.01. The summed E-state index contributed by atoms with van der Waals surface area (Å²) in [5.41, 5.74) is 0. The summed E-state index contributed by atoms with van der Waals surface area (Å²) in [5, 5.41) is 12.4. The van der Waals surface area contributed by atoms with Crippen LogP contribution in [0, 0.1) is 17.2 Å². The Morgan fingerprint density at radius 2 is 2.50 bits per heavy atom. The Bertz CT molecular complexity index is 232. The molecule has 0 aromatic rings. The molecule has 0 unspecified atom stereocenters. The zero-order valence-electron chi connectivity index (χ0n) is 8.81. The third kappa shape index (κ3) is 3.75. The van der Waals surface area contributed by atoms with Crippen LogP contribution in [0.1, 0.15) is 20.3 Å². The van der Waals surface area contributed by atoms with Gasteiger partial charge in [0.15, 0.2) is 0 Å². The molecule has 1 atom stereocenters. The van der Waals surface area contributed by atoms with E-state index >= 15 is 0 Å². The predicted molar refractivity (Wildman–Crippen MR) is 54.9 cm³/mol. The predicted octanol–water partition coefficient (Wildman–Crippen LogP) is 1.24. The first-order valence-corrected chi connectivity index (χ1v) is 5.01. The number of nitriles is 1. The highest BCUT2D eigenvalue weighted by molar-refractivity contribution is 5.58. The standard InChI is InChI=1S/C10H17N3O/c1-9(2)7-12-14-10-3-5-13(8-10)6-4-11/h7,9-10H,3,5-6,8H2,1-2H3/b12-7+/t10-/m0/s1. The summed E-state index contributed by atoms with van der Waals surface area (Å²) in [6.45, 7) is 6.37. The van der Waals surface area contributed by atoms with Gasteiger partial charge in [-0.3, -0.25) is 4.90 Å². The minimum absolute atomic E-state index is 0.165. The van der Waals surface area contributed by atoms with Crippen molar-refractivity contribution in [2.45, 2.75) is 26.4 Å². The Hall–Kier alpha value is -1.08. The number of oxime groups is 1. The van der Waals surface area contributed by atoms with Crippen molar-refractivity contribution in [2.75, 3.05) is 19.6 Å². The van der Waals surface area contributed by atoms with Crippen LogP contribution in [0.3, 0.4) is 0 Å². The maximum atomic E-state index is 8.50. The quantitative estimate of drug-likeness (QED) is 0.385. The van der Waals surface area contributed by atoms with Gasteiger partial charge in [-0.25, -0.2) is 0 Å². The van der Waals surface area contributed by atoms with Crippen molar-refractivity contribution in [3.8, 4) is 6.07 Å². The van der Waals surface area contributed by atoms with Gasteiger partial charge >= 0.3 is 0 Å². The topological polar surface area (TPSA) is 48.6 Å². The second kappa shape index (κ2) is 5.61. The third-order valence-electron chi connectivity index (χ3n) is 2.09. The van der Waals surface area contributed by atoms with Gasteiger partial charge in [0.05, 0.1) is 12.6 Å². The molecule has 0 bridgehead atoms. The van der Waals surface area contributed by atoms with E-state index in [1.807, 2.05) is 0 Å². The van der Waals surface area contributed by atoms with E-state index < -0.39 is 0 Å². The molecule has 0 radical (unpaired) electrons. The summed E-state index contributed by atoms with van der Waals surface area (Å²) in [6.07, 6.45) is 2.93. The molecule has 1 saturated heterocycles. The first-order chi connectivity index (χ1) is 6.72. The smallest absolute Gasteiger partial charge is 0.141 e. The first kappa shape index (κ1) is 11.0. The summed E-state index contributed by atoms with van der Waals surface area (Å²) in [5.74, 6) is 0.423. The second-order valence-corrected chi connectivity index (χ2v) is 3.91. The molecular formula is C10H17N3O. The molecule has 0 aliphatic carbocycles. The fourth-order valence-electron chi connectivity index (χ4n) is 1.37. The zero-order valence-corrected chi connectivity index (χ0v) is 8.81. The Morgan fingerprint density at radius 3 is 3.14 bits per heavy atom. The molecule has 0 N–H and O–H groups in total. The average Bonchev–Trinajstić information content (AvgIpc) is 2.53. The van der Waals surface area contributed by atoms with Gasteiger partial charge in [0.2, 0.25) is 0 Å². The van der Waals surface area contributed by atoms with Crippen LogP contribution in [-0.2, 0) is 4.84 Å². The number of hydrogen-bond acceptors (Lipinski definition) is 4. The average molecular weight is 195 g/mol. The third-order valence-corrected chi connectivity index (χ3v) is 2.09. The Balaban J connectivity index is 2.20. The molecule has 1 aliphatic heterocycles. The van der Waals surface area contributed by atoms with Crippen molar-refractivity contribution >= 4 is 6.21 Å². The summed E-state index contributed by atoms with van der Waals surface area (Å²) in [4.78, 5) is 7.39. The molecule has 4 heteroatoms. The van der Waals surface area contributed by atoms with Gasteiger partial charge in [-0.2, -0.15) is 5.26 Å². The van der Waals surface area contributed by atoms with Gasteiger partial charge in [-0.1, -0.05) is 19.0 Å². The molecule has 0 aromatic heterocycles. The highest BCUT2D eigenvalue weighted by Crippen LogP contribution is 2.11. The summed E-state index contributed by atoms with van der Waals surface area (Å²) < 4.78 is 0. The van der Waals surface area contributed by atoms with Gasteiger partial charge in [0.1, 0.15) is 6.10 Å².